The highest BCUT2D eigenvalue weighted by atomic mass is 32.2. The number of hydrogen-bond acceptors (Lipinski definition) is 4. The van der Waals surface area contributed by atoms with Gasteiger partial charge in [-0.05, 0) is 37.5 Å². The van der Waals surface area contributed by atoms with Gasteiger partial charge < -0.3 is 10.6 Å². The summed E-state index contributed by atoms with van der Waals surface area (Å²) in [5.41, 5.74) is 6.25. The van der Waals surface area contributed by atoms with Crippen molar-refractivity contribution in [2.75, 3.05) is 32.4 Å². The topological polar surface area (TPSA) is 83.7 Å². The van der Waals surface area contributed by atoms with Crippen molar-refractivity contribution in [2.24, 2.45) is 23.5 Å². The number of carbonyl (C=O) groups excluding carboxylic acids is 1. The Morgan fingerprint density at radius 3 is 2.43 bits per heavy atom. The van der Waals surface area contributed by atoms with E-state index in [1.165, 1.54) is 10.6 Å². The molecule has 3 rings (SSSR count). The maximum Gasteiger partial charge on any atom is 0.227 e. The zero-order valence-electron chi connectivity index (χ0n) is 12.6. The molecule has 1 aliphatic heterocycles. The van der Waals surface area contributed by atoms with E-state index in [9.17, 15) is 13.2 Å². The number of rotatable bonds is 2. The summed E-state index contributed by atoms with van der Waals surface area (Å²) in [6.07, 6.45) is 5.32. The van der Waals surface area contributed by atoms with Crippen molar-refractivity contribution in [1.29, 1.82) is 0 Å². The van der Waals surface area contributed by atoms with Crippen LogP contribution in [0.2, 0.25) is 0 Å². The first-order valence-corrected chi connectivity index (χ1v) is 9.72. The molecule has 7 heteroatoms. The van der Waals surface area contributed by atoms with Gasteiger partial charge in [0.15, 0.2) is 0 Å². The third-order valence-electron chi connectivity index (χ3n) is 5.50. The molecule has 3 aliphatic rings. The fourth-order valence-electron chi connectivity index (χ4n) is 4.36. The van der Waals surface area contributed by atoms with Crippen molar-refractivity contribution in [1.82, 2.24) is 9.21 Å². The quantitative estimate of drug-likeness (QED) is 0.768. The predicted octanol–water partition coefficient (Wildman–Crippen LogP) is -0.146. The van der Waals surface area contributed by atoms with Gasteiger partial charge in [-0.15, -0.1) is 0 Å². The van der Waals surface area contributed by atoms with Gasteiger partial charge in [-0.1, -0.05) is 0 Å². The fraction of sp³-hybridized carbons (Fsp3) is 0.929. The van der Waals surface area contributed by atoms with Crippen LogP contribution < -0.4 is 5.73 Å². The van der Waals surface area contributed by atoms with Crippen molar-refractivity contribution in [3.8, 4) is 0 Å². The summed E-state index contributed by atoms with van der Waals surface area (Å²) in [6.45, 7) is 2.05. The van der Waals surface area contributed by atoms with Crippen LogP contribution in [0.25, 0.3) is 0 Å². The Labute approximate surface area is 126 Å². The second kappa shape index (κ2) is 5.52. The molecule has 1 saturated heterocycles. The van der Waals surface area contributed by atoms with E-state index in [0.29, 0.717) is 44.4 Å². The van der Waals surface area contributed by atoms with Crippen LogP contribution in [0, 0.1) is 17.8 Å². The van der Waals surface area contributed by atoms with E-state index in [1.807, 2.05) is 4.90 Å². The van der Waals surface area contributed by atoms with Crippen molar-refractivity contribution in [3.63, 3.8) is 0 Å². The van der Waals surface area contributed by atoms with Gasteiger partial charge in [0.1, 0.15) is 0 Å². The number of sulfonamides is 1. The van der Waals surface area contributed by atoms with Gasteiger partial charge in [-0.2, -0.15) is 0 Å². The van der Waals surface area contributed by atoms with Gasteiger partial charge in [0, 0.05) is 32.2 Å². The van der Waals surface area contributed by atoms with Crippen LogP contribution in [-0.2, 0) is 14.8 Å². The Hall–Kier alpha value is -0.660. The first-order valence-electron chi connectivity index (χ1n) is 7.87. The van der Waals surface area contributed by atoms with Crippen LogP contribution in [0.1, 0.15) is 25.7 Å². The predicted molar refractivity (Wildman–Crippen MR) is 79.9 cm³/mol. The Morgan fingerprint density at radius 1 is 1.10 bits per heavy atom. The molecule has 0 aromatic rings. The van der Waals surface area contributed by atoms with Gasteiger partial charge in [-0.25, -0.2) is 12.7 Å². The third kappa shape index (κ3) is 2.83. The van der Waals surface area contributed by atoms with Crippen LogP contribution in [0.15, 0.2) is 0 Å². The van der Waals surface area contributed by atoms with Crippen LogP contribution in [0.5, 0.6) is 0 Å². The molecular formula is C14H25N3O3S. The Balaban J connectivity index is 1.66. The van der Waals surface area contributed by atoms with Crippen molar-refractivity contribution in [2.45, 2.75) is 31.7 Å². The molecule has 0 aromatic heterocycles. The molecule has 2 aliphatic carbocycles. The summed E-state index contributed by atoms with van der Waals surface area (Å²) < 4.78 is 24.7. The van der Waals surface area contributed by atoms with Crippen LogP contribution in [0.4, 0.5) is 0 Å². The minimum absolute atomic E-state index is 0.00511. The van der Waals surface area contributed by atoms with Crippen LogP contribution in [0.3, 0.4) is 0 Å². The third-order valence-corrected chi connectivity index (χ3v) is 6.80. The standard InChI is InChI=1S/C14H25N3O3S/c1-21(19,20)17-6-2-5-16(7-8-17)14(18)12-10-3-4-11(9-10)13(12)15/h10-13H,2-9,15H2,1H3. The molecule has 0 radical (unpaired) electrons. The minimum atomic E-state index is -3.17. The number of nitrogens with two attached hydrogens (primary N) is 1. The first kappa shape index (κ1) is 15.2. The fourth-order valence-corrected chi connectivity index (χ4v) is 5.23. The maximum absolute atomic E-state index is 12.8. The lowest BCUT2D eigenvalue weighted by atomic mass is 9.84. The van der Waals surface area contributed by atoms with Gasteiger partial charge >= 0.3 is 0 Å². The lowest BCUT2D eigenvalue weighted by Gasteiger charge is -2.32. The van der Waals surface area contributed by atoms with E-state index in [0.717, 1.165) is 19.3 Å². The zero-order chi connectivity index (χ0) is 15.2. The summed E-state index contributed by atoms with van der Waals surface area (Å²) in [6, 6.07) is 0.00511. The summed E-state index contributed by atoms with van der Waals surface area (Å²) in [5, 5.41) is 0. The van der Waals surface area contributed by atoms with E-state index >= 15 is 0 Å². The van der Waals surface area contributed by atoms with E-state index in [2.05, 4.69) is 0 Å². The van der Waals surface area contributed by atoms with Crippen LogP contribution in [-0.4, -0.2) is 62.0 Å². The van der Waals surface area contributed by atoms with Gasteiger partial charge in [0.2, 0.25) is 15.9 Å². The second-order valence-electron chi connectivity index (χ2n) is 6.78. The second-order valence-corrected chi connectivity index (χ2v) is 8.76. The van der Waals surface area contributed by atoms with E-state index < -0.39 is 10.0 Å². The molecule has 0 spiro atoms. The molecule has 1 amide bonds. The first-order chi connectivity index (χ1) is 9.88. The zero-order valence-corrected chi connectivity index (χ0v) is 13.4. The lowest BCUT2D eigenvalue weighted by molar-refractivity contribution is -0.137. The number of amides is 1. The summed E-state index contributed by atoms with van der Waals surface area (Å²) in [4.78, 5) is 14.6. The normalized spacial score (nSPS) is 37.7. The number of carbonyl (C=O) groups is 1. The van der Waals surface area contributed by atoms with Crippen LogP contribution >= 0.6 is 0 Å². The summed E-state index contributed by atoms with van der Waals surface area (Å²) in [5.74, 6) is 1.09. The van der Waals surface area contributed by atoms with E-state index in [-0.39, 0.29) is 17.9 Å². The number of hydrogen-bond donors (Lipinski definition) is 1. The average molecular weight is 315 g/mol. The maximum atomic E-state index is 12.8. The molecule has 4 atom stereocenters. The highest BCUT2D eigenvalue weighted by molar-refractivity contribution is 7.88. The smallest absolute Gasteiger partial charge is 0.227 e. The molecule has 2 N–H and O–H groups in total. The summed E-state index contributed by atoms with van der Waals surface area (Å²) in [7, 11) is -3.17. The SMILES string of the molecule is CS(=O)(=O)N1CCCN(C(=O)C2C3CCC(C3)C2N)CC1. The van der Waals surface area contributed by atoms with E-state index in [1.54, 1.807) is 0 Å². The molecule has 2 saturated carbocycles. The highest BCUT2D eigenvalue weighted by Gasteiger charge is 2.50. The molecule has 1 heterocycles. The highest BCUT2D eigenvalue weighted by Crippen LogP contribution is 2.48. The number of nitrogens with zero attached hydrogens (tertiary/aromatic N) is 2. The monoisotopic (exact) mass is 315 g/mol. The Kier molecular flexibility index (Phi) is 4.00. The van der Waals surface area contributed by atoms with Crippen molar-refractivity contribution in [3.05, 3.63) is 0 Å². The minimum Gasteiger partial charge on any atom is -0.341 e. The Morgan fingerprint density at radius 2 is 1.81 bits per heavy atom. The van der Waals surface area contributed by atoms with Crippen molar-refractivity contribution >= 4 is 15.9 Å². The number of fused-ring (bicyclic) bond motifs is 2. The molecule has 3 fully saturated rings. The lowest BCUT2D eigenvalue weighted by Crippen LogP contribution is -2.48. The molecule has 2 bridgehead atoms. The van der Waals surface area contributed by atoms with Gasteiger partial charge in [0.05, 0.1) is 12.2 Å². The molecule has 0 aromatic carbocycles. The van der Waals surface area contributed by atoms with Gasteiger partial charge in [-0.3, -0.25) is 4.79 Å². The molecule has 120 valence electrons. The van der Waals surface area contributed by atoms with Gasteiger partial charge in [0.25, 0.3) is 0 Å². The molecular weight excluding hydrogens is 290 g/mol. The van der Waals surface area contributed by atoms with Crippen molar-refractivity contribution < 1.29 is 13.2 Å². The average Bonchev–Trinajstić information content (AvgIpc) is 2.88. The molecule has 6 nitrogen and oxygen atoms in total. The Bertz CT molecular complexity index is 520. The van der Waals surface area contributed by atoms with E-state index in [4.69, 9.17) is 5.73 Å². The largest absolute Gasteiger partial charge is 0.341 e. The molecule has 21 heavy (non-hydrogen) atoms. The molecule has 4 unspecified atom stereocenters. The summed E-state index contributed by atoms with van der Waals surface area (Å²) >= 11 is 0.